The van der Waals surface area contributed by atoms with Gasteiger partial charge in [-0.3, -0.25) is 4.79 Å². The van der Waals surface area contributed by atoms with E-state index in [0.29, 0.717) is 24.8 Å². The summed E-state index contributed by atoms with van der Waals surface area (Å²) in [5.41, 5.74) is 0.431. The molecule has 0 aliphatic carbocycles. The lowest BCUT2D eigenvalue weighted by molar-refractivity contribution is -0.120. The van der Waals surface area contributed by atoms with E-state index in [1.165, 1.54) is 6.07 Å². The molecule has 0 atom stereocenters. The zero-order chi connectivity index (χ0) is 14.9. The van der Waals surface area contributed by atoms with Gasteiger partial charge in [0.25, 0.3) is 0 Å². The number of rotatable bonds is 7. The molecule has 2 N–H and O–H groups in total. The van der Waals surface area contributed by atoms with E-state index in [-0.39, 0.29) is 18.1 Å². The number of benzene rings is 1. The molecule has 1 amide bonds. The van der Waals surface area contributed by atoms with Gasteiger partial charge < -0.3 is 15.4 Å². The maximum absolute atomic E-state index is 13.4. The summed E-state index contributed by atoms with van der Waals surface area (Å²) in [6.07, 6.45) is 3.33. The summed E-state index contributed by atoms with van der Waals surface area (Å²) in [6, 6.07) is 6.36. The molecule has 0 spiro atoms. The molecule has 0 saturated carbocycles. The molecule has 1 aliphatic rings. The average Bonchev–Trinajstić information content (AvgIpc) is 2.50. The second-order valence-corrected chi connectivity index (χ2v) is 5.29. The molecular weight excluding hydrogens is 271 g/mol. The zero-order valence-corrected chi connectivity index (χ0v) is 12.2. The zero-order valence-electron chi connectivity index (χ0n) is 12.2. The SMILES string of the molecule is O=C(Cc1ccccc1F)NCCCOC1CCNCC1. The van der Waals surface area contributed by atoms with Gasteiger partial charge in [0.2, 0.25) is 5.91 Å². The lowest BCUT2D eigenvalue weighted by Crippen LogP contribution is -2.33. The van der Waals surface area contributed by atoms with E-state index in [1.807, 2.05) is 0 Å². The first-order valence-electron chi connectivity index (χ1n) is 7.58. The number of amides is 1. The van der Waals surface area contributed by atoms with Crippen LogP contribution in [0.3, 0.4) is 0 Å². The van der Waals surface area contributed by atoms with Crippen molar-refractivity contribution >= 4 is 5.91 Å². The van der Waals surface area contributed by atoms with Crippen molar-refractivity contribution in [2.75, 3.05) is 26.2 Å². The highest BCUT2D eigenvalue weighted by Gasteiger charge is 2.12. The molecule has 5 heteroatoms. The van der Waals surface area contributed by atoms with E-state index in [2.05, 4.69) is 10.6 Å². The Labute approximate surface area is 125 Å². The molecule has 4 nitrogen and oxygen atoms in total. The van der Waals surface area contributed by atoms with Crippen molar-refractivity contribution < 1.29 is 13.9 Å². The van der Waals surface area contributed by atoms with Crippen LogP contribution in [-0.4, -0.2) is 38.3 Å². The van der Waals surface area contributed by atoms with Gasteiger partial charge in [0.05, 0.1) is 12.5 Å². The smallest absolute Gasteiger partial charge is 0.224 e. The number of carbonyl (C=O) groups excluding carboxylic acids is 1. The molecule has 0 unspecified atom stereocenters. The van der Waals surface area contributed by atoms with Gasteiger partial charge in [-0.25, -0.2) is 4.39 Å². The average molecular weight is 294 g/mol. The molecule has 0 aromatic heterocycles. The number of halogens is 1. The number of ether oxygens (including phenoxy) is 1. The largest absolute Gasteiger partial charge is 0.378 e. The topological polar surface area (TPSA) is 50.4 Å². The van der Waals surface area contributed by atoms with Crippen molar-refractivity contribution in [3.05, 3.63) is 35.6 Å². The first-order valence-corrected chi connectivity index (χ1v) is 7.58. The van der Waals surface area contributed by atoms with Crippen molar-refractivity contribution in [2.24, 2.45) is 0 Å². The summed E-state index contributed by atoms with van der Waals surface area (Å²) in [5.74, 6) is -0.483. The van der Waals surface area contributed by atoms with Crippen molar-refractivity contribution in [2.45, 2.75) is 31.8 Å². The summed E-state index contributed by atoms with van der Waals surface area (Å²) in [6.45, 7) is 3.26. The highest BCUT2D eigenvalue weighted by atomic mass is 19.1. The van der Waals surface area contributed by atoms with Crippen molar-refractivity contribution in [3.8, 4) is 0 Å². The number of nitrogens with one attached hydrogen (secondary N) is 2. The van der Waals surface area contributed by atoms with Crippen LogP contribution in [-0.2, 0) is 16.0 Å². The molecule has 1 aliphatic heterocycles. The van der Waals surface area contributed by atoms with E-state index < -0.39 is 0 Å². The van der Waals surface area contributed by atoms with Gasteiger partial charge in [-0.05, 0) is 44.0 Å². The van der Waals surface area contributed by atoms with Crippen LogP contribution in [0.15, 0.2) is 24.3 Å². The number of hydrogen-bond acceptors (Lipinski definition) is 3. The third-order valence-electron chi connectivity index (χ3n) is 3.59. The summed E-state index contributed by atoms with van der Waals surface area (Å²) in [7, 11) is 0. The minimum absolute atomic E-state index is 0.0851. The summed E-state index contributed by atoms with van der Waals surface area (Å²) in [4.78, 5) is 11.7. The van der Waals surface area contributed by atoms with Gasteiger partial charge in [0.1, 0.15) is 5.82 Å². The normalized spacial score (nSPS) is 15.9. The predicted molar refractivity (Wildman–Crippen MR) is 79.6 cm³/mol. The van der Waals surface area contributed by atoms with Crippen LogP contribution in [0.4, 0.5) is 4.39 Å². The highest BCUT2D eigenvalue weighted by Crippen LogP contribution is 2.08. The quantitative estimate of drug-likeness (QED) is 0.752. The summed E-state index contributed by atoms with van der Waals surface area (Å²) < 4.78 is 19.1. The number of piperidine rings is 1. The molecule has 116 valence electrons. The molecule has 1 aromatic carbocycles. The molecule has 1 saturated heterocycles. The molecular formula is C16H23FN2O2. The first kappa shape index (κ1) is 15.9. The number of hydrogen-bond donors (Lipinski definition) is 2. The highest BCUT2D eigenvalue weighted by molar-refractivity contribution is 5.78. The van der Waals surface area contributed by atoms with Crippen LogP contribution in [0.1, 0.15) is 24.8 Å². The van der Waals surface area contributed by atoms with Gasteiger partial charge in [-0.2, -0.15) is 0 Å². The number of carbonyl (C=O) groups is 1. The van der Waals surface area contributed by atoms with Crippen molar-refractivity contribution in [3.63, 3.8) is 0 Å². The van der Waals surface area contributed by atoms with Crippen molar-refractivity contribution in [1.82, 2.24) is 10.6 Å². The van der Waals surface area contributed by atoms with Crippen LogP contribution in [0.25, 0.3) is 0 Å². The molecule has 1 fully saturated rings. The Hall–Kier alpha value is -1.46. The predicted octanol–water partition coefficient (Wildman–Crippen LogP) is 1.64. The third kappa shape index (κ3) is 5.81. The minimum atomic E-state index is -0.332. The Balaban J connectivity index is 1.56. The van der Waals surface area contributed by atoms with Crippen LogP contribution in [0.5, 0.6) is 0 Å². The van der Waals surface area contributed by atoms with Crippen LogP contribution in [0.2, 0.25) is 0 Å². The van der Waals surface area contributed by atoms with Crippen LogP contribution in [0, 0.1) is 5.82 Å². The fourth-order valence-electron chi connectivity index (χ4n) is 2.39. The summed E-state index contributed by atoms with van der Waals surface area (Å²) >= 11 is 0. The molecule has 0 bridgehead atoms. The molecule has 21 heavy (non-hydrogen) atoms. The lowest BCUT2D eigenvalue weighted by Gasteiger charge is -2.22. The molecule has 0 radical (unpaired) electrons. The summed E-state index contributed by atoms with van der Waals surface area (Å²) in [5, 5.41) is 6.09. The van der Waals surface area contributed by atoms with Crippen LogP contribution >= 0.6 is 0 Å². The maximum Gasteiger partial charge on any atom is 0.224 e. The van der Waals surface area contributed by atoms with Gasteiger partial charge in [-0.15, -0.1) is 0 Å². The Morgan fingerprint density at radius 1 is 1.33 bits per heavy atom. The third-order valence-corrected chi connectivity index (χ3v) is 3.59. The Bertz CT molecular complexity index is 448. The Morgan fingerprint density at radius 2 is 2.10 bits per heavy atom. The molecule has 1 aromatic rings. The van der Waals surface area contributed by atoms with Gasteiger partial charge >= 0.3 is 0 Å². The van der Waals surface area contributed by atoms with Gasteiger partial charge in [-0.1, -0.05) is 18.2 Å². The van der Waals surface area contributed by atoms with E-state index in [0.717, 1.165) is 32.4 Å². The second-order valence-electron chi connectivity index (χ2n) is 5.29. The monoisotopic (exact) mass is 294 g/mol. The Kier molecular flexibility index (Phi) is 6.63. The van der Waals surface area contributed by atoms with E-state index in [4.69, 9.17) is 4.74 Å². The molecule has 2 rings (SSSR count). The van der Waals surface area contributed by atoms with E-state index in [1.54, 1.807) is 18.2 Å². The first-order chi connectivity index (χ1) is 10.3. The van der Waals surface area contributed by atoms with Crippen molar-refractivity contribution in [1.29, 1.82) is 0 Å². The fraction of sp³-hybridized carbons (Fsp3) is 0.562. The fourth-order valence-corrected chi connectivity index (χ4v) is 2.39. The minimum Gasteiger partial charge on any atom is -0.378 e. The second kappa shape index (κ2) is 8.74. The van der Waals surface area contributed by atoms with Crippen LogP contribution < -0.4 is 10.6 Å². The standard InChI is InChI=1S/C16H23FN2O2/c17-15-5-2-1-4-13(15)12-16(20)19-8-3-11-21-14-6-9-18-10-7-14/h1-2,4-5,14,18H,3,6-12H2,(H,19,20). The lowest BCUT2D eigenvalue weighted by atomic mass is 10.1. The van der Waals surface area contributed by atoms with Gasteiger partial charge in [0.15, 0.2) is 0 Å². The molecule has 1 heterocycles. The van der Waals surface area contributed by atoms with E-state index >= 15 is 0 Å². The maximum atomic E-state index is 13.4. The van der Waals surface area contributed by atoms with E-state index in [9.17, 15) is 9.18 Å². The Morgan fingerprint density at radius 3 is 2.86 bits per heavy atom. The van der Waals surface area contributed by atoms with Gasteiger partial charge in [0, 0.05) is 13.2 Å².